The van der Waals surface area contributed by atoms with E-state index < -0.39 is 33.6 Å². The molecular formula is C30H36N6O6S. The summed E-state index contributed by atoms with van der Waals surface area (Å²) in [4.78, 5) is 28.3. The summed E-state index contributed by atoms with van der Waals surface area (Å²) in [5.74, 6) is -0.263. The van der Waals surface area contributed by atoms with Gasteiger partial charge in [0, 0.05) is 63.4 Å². The lowest BCUT2D eigenvalue weighted by molar-refractivity contribution is -0.127. The number of sulfonamides is 1. The largest absolute Gasteiger partial charge is 0.492 e. The van der Waals surface area contributed by atoms with E-state index in [1.165, 1.54) is 6.07 Å². The summed E-state index contributed by atoms with van der Waals surface area (Å²) >= 11 is 0. The average molecular weight is 609 g/mol. The molecule has 1 aromatic heterocycles. The fourth-order valence-corrected chi connectivity index (χ4v) is 7.91. The summed E-state index contributed by atoms with van der Waals surface area (Å²) in [6.45, 7) is 1.22. The van der Waals surface area contributed by atoms with E-state index in [-0.39, 0.29) is 36.2 Å². The Bertz CT molecular complexity index is 1600. The molecule has 43 heavy (non-hydrogen) atoms. The van der Waals surface area contributed by atoms with Gasteiger partial charge in [0.2, 0.25) is 15.9 Å². The van der Waals surface area contributed by atoms with E-state index in [1.54, 1.807) is 35.0 Å². The highest BCUT2D eigenvalue weighted by molar-refractivity contribution is 7.89. The van der Waals surface area contributed by atoms with E-state index in [0.717, 1.165) is 21.0 Å². The van der Waals surface area contributed by atoms with Crippen LogP contribution in [-0.4, -0.2) is 88.4 Å². The molecule has 0 bridgehead atoms. The smallest absolute Gasteiger partial charge is 0.317 e. The molecule has 2 aromatic carbocycles. The minimum absolute atomic E-state index is 0.000874. The highest BCUT2D eigenvalue weighted by Crippen LogP contribution is 2.37. The summed E-state index contributed by atoms with van der Waals surface area (Å²) in [5, 5.41) is 20.8. The third-order valence-corrected chi connectivity index (χ3v) is 10.5. The second-order valence-corrected chi connectivity index (χ2v) is 13.4. The molecule has 2 saturated heterocycles. The topological polar surface area (TPSA) is 146 Å². The first-order valence-corrected chi connectivity index (χ1v) is 15.9. The lowest BCUT2D eigenvalue weighted by Gasteiger charge is -2.43. The molecule has 3 aliphatic heterocycles. The van der Waals surface area contributed by atoms with Gasteiger partial charge in [-0.25, -0.2) is 13.2 Å². The molecule has 3 amide bonds. The lowest BCUT2D eigenvalue weighted by atomic mass is 9.84. The van der Waals surface area contributed by atoms with E-state index >= 15 is 0 Å². The number of amides is 3. The predicted molar refractivity (Wildman–Crippen MR) is 157 cm³/mol. The standard InChI is InChI=1S/C30H36N6O6S/c1-34-19-23(18-32-34)22-7-8-27-26(15-22)42-14-11-30(33-28(38)25-16-24(37)20-36(25)43(27,40)41)9-12-35(13-10-30)29(39)31-17-21-5-3-2-4-6-21/h2-8,15,18-19,24-25,37H,9-14,16-17,20H2,1H3,(H,31,39)(H,33,38)/t24-,25+/m1/s1. The zero-order valence-corrected chi connectivity index (χ0v) is 24.8. The van der Waals surface area contributed by atoms with Crippen molar-refractivity contribution in [2.24, 2.45) is 7.05 Å². The number of piperidine rings is 1. The zero-order valence-electron chi connectivity index (χ0n) is 24.0. The molecule has 2 fully saturated rings. The van der Waals surface area contributed by atoms with Gasteiger partial charge >= 0.3 is 6.03 Å². The predicted octanol–water partition coefficient (Wildman–Crippen LogP) is 1.85. The van der Waals surface area contributed by atoms with Crippen LogP contribution in [0.3, 0.4) is 0 Å². The molecule has 0 radical (unpaired) electrons. The van der Waals surface area contributed by atoms with Crippen molar-refractivity contribution in [1.29, 1.82) is 0 Å². The third-order valence-electron chi connectivity index (χ3n) is 8.63. The van der Waals surface area contributed by atoms with Crippen LogP contribution in [0.1, 0.15) is 31.2 Å². The maximum Gasteiger partial charge on any atom is 0.317 e. The van der Waals surface area contributed by atoms with Crippen LogP contribution in [0.5, 0.6) is 5.75 Å². The Morgan fingerprint density at radius 2 is 1.91 bits per heavy atom. The number of rotatable bonds is 3. The number of aryl methyl sites for hydroxylation is 1. The van der Waals surface area contributed by atoms with Crippen LogP contribution >= 0.6 is 0 Å². The number of benzene rings is 2. The van der Waals surface area contributed by atoms with Gasteiger partial charge < -0.3 is 25.4 Å². The maximum absolute atomic E-state index is 13.9. The van der Waals surface area contributed by atoms with Crippen molar-refractivity contribution < 1.29 is 27.9 Å². The second-order valence-electron chi connectivity index (χ2n) is 11.5. The first-order chi connectivity index (χ1) is 20.6. The van der Waals surface area contributed by atoms with Crippen LogP contribution in [0.15, 0.2) is 65.8 Å². The van der Waals surface area contributed by atoms with Crippen molar-refractivity contribution >= 4 is 22.0 Å². The van der Waals surface area contributed by atoms with Crippen LogP contribution in [0.4, 0.5) is 4.79 Å². The molecule has 6 rings (SSSR count). The van der Waals surface area contributed by atoms with Gasteiger partial charge in [0.1, 0.15) is 16.7 Å². The lowest BCUT2D eigenvalue weighted by Crippen LogP contribution is -2.60. The maximum atomic E-state index is 13.9. The van der Waals surface area contributed by atoms with Crippen LogP contribution in [-0.2, 0) is 28.4 Å². The highest BCUT2D eigenvalue weighted by Gasteiger charge is 2.47. The Morgan fingerprint density at radius 1 is 1.14 bits per heavy atom. The number of carbonyl (C=O) groups excluding carboxylic acids is 2. The van der Waals surface area contributed by atoms with Crippen molar-refractivity contribution in [2.45, 2.75) is 54.8 Å². The monoisotopic (exact) mass is 608 g/mol. The van der Waals surface area contributed by atoms with Gasteiger partial charge in [-0.1, -0.05) is 36.4 Å². The van der Waals surface area contributed by atoms with E-state index in [2.05, 4.69) is 15.7 Å². The number of hydrogen-bond donors (Lipinski definition) is 3. The first-order valence-electron chi connectivity index (χ1n) is 14.5. The Balaban J connectivity index is 1.25. The van der Waals surface area contributed by atoms with E-state index in [0.29, 0.717) is 38.9 Å². The van der Waals surface area contributed by atoms with E-state index in [1.807, 2.05) is 36.5 Å². The van der Waals surface area contributed by atoms with E-state index in [9.17, 15) is 23.1 Å². The van der Waals surface area contributed by atoms with Crippen molar-refractivity contribution in [3.05, 3.63) is 66.5 Å². The molecule has 1 spiro atoms. The van der Waals surface area contributed by atoms with Gasteiger partial charge in [0.05, 0.1) is 18.9 Å². The second kappa shape index (κ2) is 11.6. The van der Waals surface area contributed by atoms with Crippen LogP contribution in [0, 0.1) is 0 Å². The molecule has 3 N–H and O–H groups in total. The fourth-order valence-electron chi connectivity index (χ4n) is 6.16. The molecule has 4 heterocycles. The normalized spacial score (nSPS) is 23.4. The number of aliphatic hydroxyl groups excluding tert-OH is 1. The van der Waals surface area contributed by atoms with Crippen LogP contribution in [0.2, 0.25) is 0 Å². The number of aromatic nitrogens is 2. The highest BCUT2D eigenvalue weighted by atomic mass is 32.2. The SMILES string of the molecule is Cn1cc(-c2ccc3c(c2)OCCC2(CCN(C(=O)NCc4ccccc4)CC2)NC(=O)[C@@H]2C[C@@H](O)CN2S3(=O)=O)cn1. The summed E-state index contributed by atoms with van der Waals surface area (Å²) in [6, 6.07) is 13.3. The molecule has 12 nitrogen and oxygen atoms in total. The summed E-state index contributed by atoms with van der Waals surface area (Å²) in [7, 11) is -2.38. The number of fused-ring (bicyclic) bond motifs is 2. The van der Waals surface area contributed by atoms with Gasteiger partial charge in [-0.2, -0.15) is 9.40 Å². The summed E-state index contributed by atoms with van der Waals surface area (Å²) in [5.41, 5.74) is 1.85. The van der Waals surface area contributed by atoms with Crippen molar-refractivity contribution in [3.63, 3.8) is 0 Å². The Kier molecular flexibility index (Phi) is 7.88. The van der Waals surface area contributed by atoms with Gasteiger partial charge in [-0.15, -0.1) is 0 Å². The van der Waals surface area contributed by atoms with Crippen LogP contribution in [0.25, 0.3) is 11.1 Å². The summed E-state index contributed by atoms with van der Waals surface area (Å²) in [6.07, 6.45) is 3.92. The quantitative estimate of drug-likeness (QED) is 0.412. The van der Waals surface area contributed by atoms with Gasteiger partial charge in [0.15, 0.2) is 0 Å². The molecule has 2 atom stereocenters. The summed E-state index contributed by atoms with van der Waals surface area (Å²) < 4.78 is 36.8. The number of aliphatic hydroxyl groups is 1. The fraction of sp³-hybridized carbons (Fsp3) is 0.433. The van der Waals surface area contributed by atoms with Crippen LogP contribution < -0.4 is 15.4 Å². The molecule has 3 aromatic rings. The Hall–Kier alpha value is -3.94. The molecule has 0 unspecified atom stereocenters. The van der Waals surface area contributed by atoms with Crippen molar-refractivity contribution in [1.82, 2.24) is 29.6 Å². The number of nitrogens with one attached hydrogen (secondary N) is 2. The zero-order chi connectivity index (χ0) is 30.2. The first kappa shape index (κ1) is 29.1. The number of urea groups is 1. The van der Waals surface area contributed by atoms with E-state index in [4.69, 9.17) is 4.74 Å². The Morgan fingerprint density at radius 3 is 2.63 bits per heavy atom. The Labute approximate surface area is 250 Å². The molecule has 0 saturated carbocycles. The number of likely N-dealkylation sites (tertiary alicyclic amines) is 1. The molecule has 13 heteroatoms. The molecule has 3 aliphatic rings. The number of hydrogen-bond acceptors (Lipinski definition) is 7. The minimum atomic E-state index is -4.18. The van der Waals surface area contributed by atoms with Crippen molar-refractivity contribution in [3.8, 4) is 16.9 Å². The number of carbonyl (C=O) groups is 2. The number of ether oxygens (including phenoxy) is 1. The number of nitrogens with zero attached hydrogens (tertiary/aromatic N) is 4. The minimum Gasteiger partial charge on any atom is -0.492 e. The third kappa shape index (κ3) is 5.97. The van der Waals surface area contributed by atoms with Gasteiger partial charge in [-0.05, 0) is 36.1 Å². The molecule has 228 valence electrons. The van der Waals surface area contributed by atoms with Gasteiger partial charge in [-0.3, -0.25) is 9.48 Å². The van der Waals surface area contributed by atoms with Crippen molar-refractivity contribution in [2.75, 3.05) is 26.2 Å². The average Bonchev–Trinajstić information content (AvgIpc) is 3.62. The molecular weight excluding hydrogens is 572 g/mol. The molecule has 0 aliphatic carbocycles. The van der Waals surface area contributed by atoms with Gasteiger partial charge in [0.25, 0.3) is 0 Å².